The van der Waals surface area contributed by atoms with Crippen LogP contribution in [0.4, 0.5) is 0 Å². The van der Waals surface area contributed by atoms with Crippen molar-refractivity contribution in [1.29, 1.82) is 0 Å². The molecule has 0 saturated carbocycles. The average molecular weight is 289 g/mol. The lowest BCUT2D eigenvalue weighted by molar-refractivity contribution is -0.137. The number of hydrogen-bond acceptors (Lipinski definition) is 4. The number of primary sulfonamides is 1. The fourth-order valence-corrected chi connectivity index (χ4v) is 2.14. The highest BCUT2D eigenvalue weighted by molar-refractivity contribution is 7.89. The number of carbonyl (C=O) groups is 2. The van der Waals surface area contributed by atoms with Crippen LogP contribution in [0.1, 0.15) is 17.4 Å². The van der Waals surface area contributed by atoms with Gasteiger partial charge in [-0.1, -0.05) is 0 Å². The molecule has 1 aromatic heterocycles. The summed E-state index contributed by atoms with van der Waals surface area (Å²) in [5.41, 5.74) is 0.0622. The van der Waals surface area contributed by atoms with Crippen LogP contribution >= 0.6 is 0 Å². The maximum absolute atomic E-state index is 12.1. The molecular weight excluding hydrogens is 274 g/mol. The van der Waals surface area contributed by atoms with Crippen LogP contribution in [0.3, 0.4) is 0 Å². The number of likely N-dealkylation sites (N-methyl/N-ethyl adjacent to an activating group) is 1. The number of nitrogens with zero attached hydrogens (tertiary/aromatic N) is 2. The quantitative estimate of drug-likeness (QED) is 0.736. The Hall–Kier alpha value is -1.87. The lowest BCUT2D eigenvalue weighted by atomic mass is 10.3. The average Bonchev–Trinajstić information content (AvgIpc) is 2.66. The zero-order chi connectivity index (χ0) is 14.8. The molecule has 0 atom stereocenters. The van der Waals surface area contributed by atoms with Crippen molar-refractivity contribution in [3.63, 3.8) is 0 Å². The SMILES string of the molecule is CCN(CC(=O)O)C(=O)c1cc(S(N)(=O)=O)cn1C. The zero-order valence-corrected chi connectivity index (χ0v) is 11.3. The van der Waals surface area contributed by atoms with E-state index in [9.17, 15) is 18.0 Å². The van der Waals surface area contributed by atoms with Crippen LogP contribution in [0.2, 0.25) is 0 Å². The molecule has 1 rings (SSSR count). The predicted octanol–water partition coefficient (Wildman–Crippen LogP) is -0.781. The van der Waals surface area contributed by atoms with Gasteiger partial charge in [0.1, 0.15) is 17.1 Å². The van der Waals surface area contributed by atoms with Crippen molar-refractivity contribution >= 4 is 21.9 Å². The summed E-state index contributed by atoms with van der Waals surface area (Å²) in [6.45, 7) is 1.37. The summed E-state index contributed by atoms with van der Waals surface area (Å²) in [4.78, 5) is 23.6. The van der Waals surface area contributed by atoms with Crippen molar-refractivity contribution in [2.75, 3.05) is 13.1 Å². The highest BCUT2D eigenvalue weighted by Gasteiger charge is 2.22. The van der Waals surface area contributed by atoms with E-state index in [0.29, 0.717) is 0 Å². The maximum Gasteiger partial charge on any atom is 0.323 e. The van der Waals surface area contributed by atoms with E-state index in [1.54, 1.807) is 6.92 Å². The Bertz CT molecular complexity index is 605. The van der Waals surface area contributed by atoms with E-state index in [1.165, 1.54) is 17.8 Å². The van der Waals surface area contributed by atoms with E-state index in [4.69, 9.17) is 10.2 Å². The van der Waals surface area contributed by atoms with Crippen molar-refractivity contribution in [1.82, 2.24) is 9.47 Å². The Morgan fingerprint density at radius 3 is 2.42 bits per heavy atom. The third-order valence-electron chi connectivity index (χ3n) is 2.52. The van der Waals surface area contributed by atoms with Gasteiger partial charge in [0.15, 0.2) is 0 Å². The minimum Gasteiger partial charge on any atom is -0.480 e. The van der Waals surface area contributed by atoms with Crippen molar-refractivity contribution < 1.29 is 23.1 Å². The molecule has 106 valence electrons. The van der Waals surface area contributed by atoms with Gasteiger partial charge in [-0.25, -0.2) is 13.6 Å². The molecule has 9 heteroatoms. The zero-order valence-electron chi connectivity index (χ0n) is 10.5. The highest BCUT2D eigenvalue weighted by Crippen LogP contribution is 2.13. The number of hydrogen-bond donors (Lipinski definition) is 2. The second-order valence-corrected chi connectivity index (χ2v) is 5.49. The monoisotopic (exact) mass is 289 g/mol. The van der Waals surface area contributed by atoms with E-state index in [-0.39, 0.29) is 17.1 Å². The van der Waals surface area contributed by atoms with Gasteiger partial charge < -0.3 is 14.6 Å². The molecule has 0 spiro atoms. The van der Waals surface area contributed by atoms with Crippen LogP contribution in [0, 0.1) is 0 Å². The van der Waals surface area contributed by atoms with Gasteiger partial charge in [0.05, 0.1) is 0 Å². The summed E-state index contributed by atoms with van der Waals surface area (Å²) < 4.78 is 23.7. The first-order chi connectivity index (χ1) is 8.66. The van der Waals surface area contributed by atoms with Crippen molar-refractivity contribution in [3.8, 4) is 0 Å². The number of nitrogens with two attached hydrogens (primary N) is 1. The number of aryl methyl sites for hydroxylation is 1. The minimum absolute atomic E-state index is 0.0622. The largest absolute Gasteiger partial charge is 0.480 e. The normalized spacial score (nSPS) is 11.3. The van der Waals surface area contributed by atoms with Gasteiger partial charge in [-0.3, -0.25) is 9.59 Å². The summed E-state index contributed by atoms with van der Waals surface area (Å²) in [5.74, 6) is -1.71. The van der Waals surface area contributed by atoms with Crippen LogP contribution in [0.25, 0.3) is 0 Å². The topological polar surface area (TPSA) is 123 Å². The Kier molecular flexibility index (Phi) is 4.32. The maximum atomic E-state index is 12.1. The first-order valence-corrected chi connectivity index (χ1v) is 6.91. The number of aromatic nitrogens is 1. The second-order valence-electron chi connectivity index (χ2n) is 3.93. The molecule has 0 unspecified atom stereocenters. The number of carbonyl (C=O) groups excluding carboxylic acids is 1. The molecule has 19 heavy (non-hydrogen) atoms. The van der Waals surface area contributed by atoms with Crippen molar-refractivity contribution in [3.05, 3.63) is 18.0 Å². The van der Waals surface area contributed by atoms with E-state index >= 15 is 0 Å². The molecule has 1 heterocycles. The van der Waals surface area contributed by atoms with Gasteiger partial charge in [-0.05, 0) is 13.0 Å². The van der Waals surface area contributed by atoms with Crippen LogP contribution in [-0.4, -0.2) is 48.0 Å². The van der Waals surface area contributed by atoms with Crippen molar-refractivity contribution in [2.24, 2.45) is 12.2 Å². The van der Waals surface area contributed by atoms with E-state index < -0.39 is 28.4 Å². The van der Waals surface area contributed by atoms with Crippen molar-refractivity contribution in [2.45, 2.75) is 11.8 Å². The van der Waals surface area contributed by atoms with Crippen LogP contribution in [0.5, 0.6) is 0 Å². The number of amides is 1. The molecule has 0 aliphatic heterocycles. The Balaban J connectivity index is 3.12. The lowest BCUT2D eigenvalue weighted by Gasteiger charge is -2.18. The molecule has 0 bridgehead atoms. The van der Waals surface area contributed by atoms with Gasteiger partial charge in [0.2, 0.25) is 10.0 Å². The molecule has 8 nitrogen and oxygen atoms in total. The Morgan fingerprint density at radius 1 is 1.47 bits per heavy atom. The van der Waals surface area contributed by atoms with Gasteiger partial charge in [-0.15, -0.1) is 0 Å². The summed E-state index contributed by atoms with van der Waals surface area (Å²) >= 11 is 0. The molecule has 1 amide bonds. The number of rotatable bonds is 5. The van der Waals surface area contributed by atoms with Crippen LogP contribution in [0.15, 0.2) is 17.2 Å². The molecule has 0 aliphatic carbocycles. The van der Waals surface area contributed by atoms with Crippen LogP contribution in [-0.2, 0) is 21.9 Å². The number of carboxylic acid groups (broad SMARTS) is 1. The third kappa shape index (κ3) is 3.55. The number of sulfonamides is 1. The molecule has 0 saturated heterocycles. The van der Waals surface area contributed by atoms with Gasteiger partial charge in [0.25, 0.3) is 5.91 Å². The highest BCUT2D eigenvalue weighted by atomic mass is 32.2. The number of aliphatic carboxylic acids is 1. The fraction of sp³-hybridized carbons (Fsp3) is 0.400. The molecule has 0 aromatic carbocycles. The van der Waals surface area contributed by atoms with Gasteiger partial charge in [-0.2, -0.15) is 0 Å². The standard InChI is InChI=1S/C10H15N3O5S/c1-3-13(6-9(14)15)10(16)8-4-7(5-12(8)2)19(11,17)18/h4-5H,3,6H2,1-2H3,(H,14,15)(H2,11,17,18). The first kappa shape index (κ1) is 15.2. The first-order valence-electron chi connectivity index (χ1n) is 5.37. The Morgan fingerprint density at radius 2 is 2.05 bits per heavy atom. The molecule has 0 radical (unpaired) electrons. The molecular formula is C10H15N3O5S. The fourth-order valence-electron chi connectivity index (χ4n) is 1.55. The summed E-state index contributed by atoms with van der Waals surface area (Å²) in [5, 5.41) is 13.7. The number of carboxylic acids is 1. The summed E-state index contributed by atoms with van der Waals surface area (Å²) in [6.07, 6.45) is 1.21. The van der Waals surface area contributed by atoms with E-state index in [0.717, 1.165) is 11.0 Å². The van der Waals surface area contributed by atoms with E-state index in [2.05, 4.69) is 0 Å². The molecule has 0 fully saturated rings. The predicted molar refractivity (Wildman–Crippen MR) is 66.0 cm³/mol. The van der Waals surface area contributed by atoms with Gasteiger partial charge >= 0.3 is 5.97 Å². The molecule has 3 N–H and O–H groups in total. The minimum atomic E-state index is -3.90. The van der Waals surface area contributed by atoms with Gasteiger partial charge in [0, 0.05) is 19.8 Å². The Labute approximate surface area is 110 Å². The second kappa shape index (κ2) is 5.41. The smallest absolute Gasteiger partial charge is 0.323 e. The molecule has 1 aromatic rings. The third-order valence-corrected chi connectivity index (χ3v) is 3.40. The summed E-state index contributed by atoms with van der Waals surface area (Å²) in [7, 11) is -2.42. The van der Waals surface area contributed by atoms with Crippen LogP contribution < -0.4 is 5.14 Å². The summed E-state index contributed by atoms with van der Waals surface area (Å²) in [6, 6.07) is 1.13. The molecule has 0 aliphatic rings. The lowest BCUT2D eigenvalue weighted by Crippen LogP contribution is -2.36. The van der Waals surface area contributed by atoms with E-state index in [1.807, 2.05) is 0 Å².